The molecule has 29 heavy (non-hydrogen) atoms. The zero-order chi connectivity index (χ0) is 21.4. The molecule has 0 aliphatic carbocycles. The summed E-state index contributed by atoms with van der Waals surface area (Å²) in [7, 11) is -4.10. The van der Waals surface area contributed by atoms with Gasteiger partial charge in [0, 0.05) is 16.6 Å². The highest BCUT2D eigenvalue weighted by Crippen LogP contribution is 2.43. The lowest BCUT2D eigenvalue weighted by Gasteiger charge is -2.41. The van der Waals surface area contributed by atoms with Crippen molar-refractivity contribution in [2.24, 2.45) is 4.99 Å². The summed E-state index contributed by atoms with van der Waals surface area (Å²) >= 11 is 15.4. The Kier molecular flexibility index (Phi) is 6.28. The van der Waals surface area contributed by atoms with E-state index in [1.54, 1.807) is 44.2 Å². The van der Waals surface area contributed by atoms with Crippen molar-refractivity contribution in [2.75, 3.05) is 5.33 Å². The molecule has 0 saturated heterocycles. The molecule has 3 rings (SSSR count). The average Bonchev–Trinajstić information content (AvgIpc) is 3.10. The minimum Gasteiger partial charge on any atom is -0.381 e. The first-order valence-electron chi connectivity index (χ1n) is 8.69. The zero-order valence-corrected chi connectivity index (χ0v) is 19.6. The van der Waals surface area contributed by atoms with E-state index >= 15 is 0 Å². The van der Waals surface area contributed by atoms with Crippen molar-refractivity contribution in [3.05, 3.63) is 70.0 Å². The largest absolute Gasteiger partial charge is 0.381 e. The lowest BCUT2D eigenvalue weighted by molar-refractivity contribution is 0.0402. The number of aryl methyl sites for hydroxylation is 1. The molecule has 3 atom stereocenters. The third kappa shape index (κ3) is 4.03. The molecule has 0 bridgehead atoms. The number of hydrogen-bond donors (Lipinski definition) is 1. The number of aliphatic imine (C=N–C) groups is 1. The lowest BCUT2D eigenvalue weighted by Crippen LogP contribution is -2.56. The molecule has 9 heteroatoms. The van der Waals surface area contributed by atoms with E-state index in [4.69, 9.17) is 23.2 Å². The number of nitrogens with zero attached hydrogens (tertiary/aromatic N) is 2. The van der Waals surface area contributed by atoms with Gasteiger partial charge in [-0.05, 0) is 55.8 Å². The monoisotopic (exact) mass is 516 g/mol. The van der Waals surface area contributed by atoms with Gasteiger partial charge in [-0.25, -0.2) is 13.4 Å². The molecule has 1 aliphatic rings. The van der Waals surface area contributed by atoms with Crippen molar-refractivity contribution in [2.45, 2.75) is 35.1 Å². The SMILES string of the molecule is Cc1cc(S(=O)(=O)C(C2(C)C=CC=N2)C(O)(CBr)c2cccc(Cl)n2)ccc1Cl. The normalized spacial score (nSPS) is 21.9. The number of alkyl halides is 1. The van der Waals surface area contributed by atoms with Crippen LogP contribution in [0.3, 0.4) is 0 Å². The van der Waals surface area contributed by atoms with Crippen LogP contribution < -0.4 is 0 Å². The molecule has 3 unspecified atom stereocenters. The summed E-state index contributed by atoms with van der Waals surface area (Å²) in [4.78, 5) is 8.63. The second kappa shape index (κ2) is 8.12. The highest BCUT2D eigenvalue weighted by molar-refractivity contribution is 9.09. The maximum Gasteiger partial charge on any atom is 0.187 e. The number of rotatable bonds is 6. The number of aromatic nitrogens is 1. The smallest absolute Gasteiger partial charge is 0.187 e. The highest BCUT2D eigenvalue weighted by Gasteiger charge is 2.56. The number of sulfone groups is 1. The van der Waals surface area contributed by atoms with E-state index in [0.29, 0.717) is 10.6 Å². The molecule has 1 aliphatic heterocycles. The van der Waals surface area contributed by atoms with Crippen LogP contribution >= 0.6 is 39.1 Å². The molecular weight excluding hydrogens is 499 g/mol. The van der Waals surface area contributed by atoms with Crippen molar-refractivity contribution < 1.29 is 13.5 Å². The van der Waals surface area contributed by atoms with Crippen molar-refractivity contribution in [1.82, 2.24) is 4.98 Å². The first kappa shape index (κ1) is 22.4. The molecule has 0 spiro atoms. The Morgan fingerprint density at radius 3 is 2.55 bits per heavy atom. The van der Waals surface area contributed by atoms with Gasteiger partial charge in [-0.1, -0.05) is 51.3 Å². The van der Waals surface area contributed by atoms with Gasteiger partial charge >= 0.3 is 0 Å². The van der Waals surface area contributed by atoms with Gasteiger partial charge in [-0.15, -0.1) is 0 Å². The van der Waals surface area contributed by atoms with E-state index in [2.05, 4.69) is 25.9 Å². The number of allylic oxidation sites excluding steroid dienone is 1. The maximum absolute atomic E-state index is 13.9. The van der Waals surface area contributed by atoms with Crippen LogP contribution in [0.25, 0.3) is 0 Å². The predicted octanol–water partition coefficient (Wildman–Crippen LogP) is 4.52. The van der Waals surface area contributed by atoms with E-state index in [1.165, 1.54) is 24.4 Å². The van der Waals surface area contributed by atoms with Crippen LogP contribution in [0.4, 0.5) is 0 Å². The van der Waals surface area contributed by atoms with Crippen LogP contribution in [0.1, 0.15) is 18.2 Å². The third-order valence-corrected chi connectivity index (χ3v) is 8.86. The Balaban J connectivity index is 2.29. The molecule has 1 aromatic carbocycles. The number of hydrogen-bond acceptors (Lipinski definition) is 5. The average molecular weight is 518 g/mol. The summed E-state index contributed by atoms with van der Waals surface area (Å²) in [5.41, 5.74) is -2.39. The van der Waals surface area contributed by atoms with Crippen LogP contribution in [0.15, 0.2) is 58.4 Å². The summed E-state index contributed by atoms with van der Waals surface area (Å²) < 4.78 is 27.7. The van der Waals surface area contributed by atoms with E-state index < -0.39 is 26.2 Å². The minimum atomic E-state index is -4.10. The van der Waals surface area contributed by atoms with Crippen LogP contribution in [0.2, 0.25) is 10.2 Å². The molecule has 0 radical (unpaired) electrons. The standard InChI is InChI=1S/C20H19BrCl2N2O3S/c1-13-11-14(7-8-15(13)22)29(27,28)18(19(2)9-4-10-24-19)20(26,12-21)16-5-3-6-17(23)25-16/h3-11,18,26H,12H2,1-2H3. The number of aliphatic hydroxyl groups is 1. The van der Waals surface area contributed by atoms with Gasteiger partial charge in [0.2, 0.25) is 0 Å². The second-order valence-electron chi connectivity index (χ2n) is 7.10. The predicted molar refractivity (Wildman–Crippen MR) is 120 cm³/mol. The zero-order valence-electron chi connectivity index (χ0n) is 15.7. The fraction of sp³-hybridized carbons (Fsp3) is 0.300. The van der Waals surface area contributed by atoms with Gasteiger partial charge in [-0.3, -0.25) is 4.99 Å². The van der Waals surface area contributed by atoms with Crippen LogP contribution in [-0.2, 0) is 15.4 Å². The Hall–Kier alpha value is -1.25. The molecule has 2 aromatic rings. The van der Waals surface area contributed by atoms with E-state index in [-0.39, 0.29) is 21.1 Å². The molecule has 154 valence electrons. The van der Waals surface area contributed by atoms with Crippen LogP contribution in [-0.4, -0.2) is 40.8 Å². The Morgan fingerprint density at radius 2 is 2.00 bits per heavy atom. The second-order valence-corrected chi connectivity index (χ2v) is 10.5. The first-order valence-corrected chi connectivity index (χ1v) is 12.1. The van der Waals surface area contributed by atoms with Crippen molar-refractivity contribution in [3.63, 3.8) is 0 Å². The van der Waals surface area contributed by atoms with E-state index in [1.807, 2.05) is 0 Å². The van der Waals surface area contributed by atoms with Crippen molar-refractivity contribution >= 4 is 55.2 Å². The van der Waals surface area contributed by atoms with Gasteiger partial charge in [-0.2, -0.15) is 0 Å². The molecule has 0 saturated carbocycles. The molecule has 0 amide bonds. The third-order valence-electron chi connectivity index (χ3n) is 4.97. The van der Waals surface area contributed by atoms with Gasteiger partial charge < -0.3 is 5.11 Å². The molecular formula is C20H19BrCl2N2O3S. The van der Waals surface area contributed by atoms with Gasteiger partial charge in [0.1, 0.15) is 16.0 Å². The molecule has 1 N–H and O–H groups in total. The summed E-state index contributed by atoms with van der Waals surface area (Å²) in [6, 6.07) is 9.18. The number of halogens is 3. The molecule has 1 aromatic heterocycles. The van der Waals surface area contributed by atoms with E-state index in [0.717, 1.165) is 0 Å². The number of benzene rings is 1. The minimum absolute atomic E-state index is 0.0440. The Morgan fingerprint density at radius 1 is 1.28 bits per heavy atom. The summed E-state index contributed by atoms with van der Waals surface area (Å²) in [5, 5.41) is 10.9. The summed E-state index contributed by atoms with van der Waals surface area (Å²) in [6.07, 6.45) is 4.85. The molecule has 0 fully saturated rings. The Labute approximate surface area is 188 Å². The Bertz CT molecular complexity index is 1090. The van der Waals surface area contributed by atoms with Gasteiger partial charge in [0.05, 0.1) is 16.1 Å². The highest BCUT2D eigenvalue weighted by atomic mass is 79.9. The molecule has 2 heterocycles. The molecule has 5 nitrogen and oxygen atoms in total. The van der Waals surface area contributed by atoms with Gasteiger partial charge in [0.15, 0.2) is 9.84 Å². The quantitative estimate of drug-likeness (QED) is 0.451. The lowest BCUT2D eigenvalue weighted by atomic mass is 9.84. The fourth-order valence-electron chi connectivity index (χ4n) is 3.55. The van der Waals surface area contributed by atoms with Crippen molar-refractivity contribution in [1.29, 1.82) is 0 Å². The summed E-state index contributed by atoms with van der Waals surface area (Å²) in [6.45, 7) is 3.39. The summed E-state index contributed by atoms with van der Waals surface area (Å²) in [5.74, 6) is 0. The van der Waals surface area contributed by atoms with Crippen LogP contribution in [0, 0.1) is 6.92 Å². The van der Waals surface area contributed by atoms with E-state index in [9.17, 15) is 13.5 Å². The topological polar surface area (TPSA) is 79.6 Å². The number of pyridine rings is 1. The first-order chi connectivity index (χ1) is 13.5. The maximum atomic E-state index is 13.9. The van der Waals surface area contributed by atoms with Crippen LogP contribution in [0.5, 0.6) is 0 Å². The van der Waals surface area contributed by atoms with Gasteiger partial charge in [0.25, 0.3) is 0 Å². The fourth-order valence-corrected chi connectivity index (χ4v) is 7.01. The van der Waals surface area contributed by atoms with Crippen molar-refractivity contribution in [3.8, 4) is 0 Å².